The first kappa shape index (κ1) is 24.7. The highest BCUT2D eigenvalue weighted by Gasteiger charge is 2.27. The van der Waals surface area contributed by atoms with E-state index in [2.05, 4.69) is 26.8 Å². The molecular formula is C29H25N5O4S. The molecule has 2 N–H and O–H groups in total. The number of nitrogens with one attached hydrogen (secondary N) is 1. The fourth-order valence-electron chi connectivity index (χ4n) is 5.17. The third-order valence-corrected chi connectivity index (χ3v) is 8.08. The molecule has 0 radical (unpaired) electrons. The van der Waals surface area contributed by atoms with Crippen LogP contribution in [0.1, 0.15) is 25.7 Å². The minimum atomic E-state index is -0.478. The molecule has 39 heavy (non-hydrogen) atoms. The van der Waals surface area contributed by atoms with Gasteiger partial charge in [0.1, 0.15) is 21.9 Å². The summed E-state index contributed by atoms with van der Waals surface area (Å²) in [5.41, 5.74) is 1.15. The van der Waals surface area contributed by atoms with Crippen molar-refractivity contribution < 1.29 is 14.6 Å². The van der Waals surface area contributed by atoms with E-state index in [1.165, 1.54) is 22.0 Å². The second-order valence-corrected chi connectivity index (χ2v) is 10.5. The predicted octanol–water partition coefficient (Wildman–Crippen LogP) is 4.43. The number of ether oxygens (including phenoxy) is 1. The zero-order chi connectivity index (χ0) is 26.9. The molecule has 1 aliphatic rings. The summed E-state index contributed by atoms with van der Waals surface area (Å²) in [7, 11) is 0. The van der Waals surface area contributed by atoms with E-state index in [1.807, 2.05) is 30.3 Å². The van der Waals surface area contributed by atoms with E-state index < -0.39 is 5.69 Å². The molecule has 9 nitrogen and oxygen atoms in total. The first-order chi connectivity index (χ1) is 19.0. The van der Waals surface area contributed by atoms with Crippen LogP contribution in [-0.2, 0) is 4.79 Å². The van der Waals surface area contributed by atoms with E-state index in [1.54, 1.807) is 30.6 Å². The number of aliphatic hydroxyl groups is 1. The standard InChI is InChI=1S/C29H25N5O4S/c1-2-23(36)32-18-9-8-17(14-18)15-22(35)27-26-25-21(12-13-30-28(25)39-27)34(29(37)33-26)19-10-11-24(31-16-19)38-20-6-4-3-5-7-20/h2-7,10-13,16-18,35H,1,8-9,14-15H2,(H,32,36)/t17-,18-/m1/s1. The molecule has 0 spiro atoms. The van der Waals surface area contributed by atoms with Gasteiger partial charge in [-0.15, -0.1) is 11.3 Å². The molecule has 2 atom stereocenters. The zero-order valence-electron chi connectivity index (χ0n) is 20.9. The summed E-state index contributed by atoms with van der Waals surface area (Å²) in [6.07, 6.45) is 7.44. The molecule has 0 unspecified atom stereocenters. The highest BCUT2D eigenvalue weighted by Crippen LogP contribution is 2.32. The van der Waals surface area contributed by atoms with Crippen LogP contribution in [0.2, 0.25) is 0 Å². The molecule has 1 fully saturated rings. The van der Waals surface area contributed by atoms with Crippen molar-refractivity contribution in [2.45, 2.75) is 31.7 Å². The van der Waals surface area contributed by atoms with Gasteiger partial charge < -0.3 is 15.2 Å². The van der Waals surface area contributed by atoms with Crippen molar-refractivity contribution in [3.05, 3.63) is 88.6 Å². The maximum Gasteiger partial charge on any atom is 0.353 e. The molecule has 1 aliphatic carbocycles. The first-order valence-corrected chi connectivity index (χ1v) is 13.5. The second kappa shape index (κ2) is 10.3. The van der Waals surface area contributed by atoms with Crippen LogP contribution in [0, 0.1) is 5.92 Å². The molecule has 0 bridgehead atoms. The SMILES string of the molecule is C=CC(=O)N[C@@H]1CC[C@@H](CC(O)=c2sc3nccc4c3c2nc(=O)n4-c2ccc(Oc3ccccc3)nc2)C1. The molecule has 0 aliphatic heterocycles. The number of amides is 1. The predicted molar refractivity (Wildman–Crippen MR) is 150 cm³/mol. The Hall–Kier alpha value is -4.57. The number of benzene rings is 1. The van der Waals surface area contributed by atoms with Crippen LogP contribution in [0.5, 0.6) is 11.6 Å². The van der Waals surface area contributed by atoms with E-state index in [0.717, 1.165) is 24.6 Å². The molecule has 10 heteroatoms. The number of carbonyl (C=O) groups excluding carboxylic acids is 1. The van der Waals surface area contributed by atoms with Crippen molar-refractivity contribution in [3.63, 3.8) is 0 Å². The Morgan fingerprint density at radius 2 is 2.03 bits per heavy atom. The lowest BCUT2D eigenvalue weighted by Crippen LogP contribution is -2.31. The van der Waals surface area contributed by atoms with Gasteiger partial charge in [-0.2, -0.15) is 4.98 Å². The summed E-state index contributed by atoms with van der Waals surface area (Å²) in [5, 5.41) is 14.8. The molecule has 4 aromatic heterocycles. The molecule has 1 saturated carbocycles. The van der Waals surface area contributed by atoms with Crippen LogP contribution in [0.15, 0.2) is 78.4 Å². The Bertz CT molecular complexity index is 1800. The Labute approximate surface area is 227 Å². The third kappa shape index (κ3) is 4.86. The fraction of sp³-hybridized carbons (Fsp3) is 0.207. The number of pyridine rings is 2. The summed E-state index contributed by atoms with van der Waals surface area (Å²) in [5.74, 6) is 1.29. The molecular weight excluding hydrogens is 514 g/mol. The average Bonchev–Trinajstić information content (AvgIpc) is 3.55. The van der Waals surface area contributed by atoms with Gasteiger partial charge in [-0.1, -0.05) is 24.8 Å². The van der Waals surface area contributed by atoms with Crippen LogP contribution >= 0.6 is 11.3 Å². The number of nitrogens with zero attached hydrogens (tertiary/aromatic N) is 4. The minimum Gasteiger partial charge on any atom is -0.511 e. The lowest BCUT2D eigenvalue weighted by atomic mass is 10.0. The number of para-hydroxylation sites is 1. The summed E-state index contributed by atoms with van der Waals surface area (Å²) in [6.45, 7) is 3.50. The molecule has 196 valence electrons. The van der Waals surface area contributed by atoms with E-state index >= 15 is 0 Å². The normalized spacial score (nSPS) is 17.8. The van der Waals surface area contributed by atoms with Crippen LogP contribution in [0.25, 0.3) is 32.7 Å². The Morgan fingerprint density at radius 1 is 1.18 bits per heavy atom. The number of hydrogen-bond acceptors (Lipinski definition) is 8. The molecule has 4 heterocycles. The lowest BCUT2D eigenvalue weighted by molar-refractivity contribution is -0.117. The number of hydrogen-bond donors (Lipinski definition) is 2. The number of rotatable bonds is 7. The molecule has 1 amide bonds. The summed E-state index contributed by atoms with van der Waals surface area (Å²) in [4.78, 5) is 38.9. The van der Waals surface area contributed by atoms with Crippen LogP contribution in [-0.4, -0.2) is 36.6 Å². The second-order valence-electron chi connectivity index (χ2n) is 9.53. The van der Waals surface area contributed by atoms with Gasteiger partial charge in [-0.05, 0) is 55.5 Å². The topological polar surface area (TPSA) is 119 Å². The summed E-state index contributed by atoms with van der Waals surface area (Å²) in [6, 6.07) is 14.6. The van der Waals surface area contributed by atoms with Crippen molar-refractivity contribution in [1.82, 2.24) is 24.8 Å². The van der Waals surface area contributed by atoms with Crippen molar-refractivity contribution in [1.29, 1.82) is 0 Å². The smallest absolute Gasteiger partial charge is 0.353 e. The van der Waals surface area contributed by atoms with Gasteiger partial charge in [-0.3, -0.25) is 9.36 Å². The third-order valence-electron chi connectivity index (χ3n) is 6.95. The molecule has 6 rings (SSSR count). The van der Waals surface area contributed by atoms with E-state index in [9.17, 15) is 14.7 Å². The van der Waals surface area contributed by atoms with Crippen LogP contribution in [0.3, 0.4) is 0 Å². The number of aliphatic hydroxyl groups excluding tert-OH is 1. The van der Waals surface area contributed by atoms with Gasteiger partial charge >= 0.3 is 5.69 Å². The maximum absolute atomic E-state index is 13.3. The van der Waals surface area contributed by atoms with Gasteiger partial charge in [0.2, 0.25) is 11.8 Å². The van der Waals surface area contributed by atoms with E-state index in [-0.39, 0.29) is 23.6 Å². The number of aromatic nitrogens is 4. The van der Waals surface area contributed by atoms with Gasteiger partial charge in [-0.25, -0.2) is 14.8 Å². The van der Waals surface area contributed by atoms with Crippen LogP contribution in [0.4, 0.5) is 0 Å². The maximum atomic E-state index is 13.3. The highest BCUT2D eigenvalue weighted by molar-refractivity contribution is 7.17. The lowest BCUT2D eigenvalue weighted by Gasteiger charge is -2.12. The zero-order valence-corrected chi connectivity index (χ0v) is 21.7. The Balaban J connectivity index is 1.34. The number of carbonyl (C=O) groups is 1. The van der Waals surface area contributed by atoms with Crippen molar-refractivity contribution in [2.75, 3.05) is 0 Å². The average molecular weight is 540 g/mol. The first-order valence-electron chi connectivity index (χ1n) is 12.6. The van der Waals surface area contributed by atoms with Crippen LogP contribution < -0.4 is 20.3 Å². The molecule has 1 aromatic carbocycles. The molecule has 0 saturated heterocycles. The quantitative estimate of drug-likeness (QED) is 0.294. The van der Waals surface area contributed by atoms with Crippen molar-refractivity contribution in [3.8, 4) is 17.3 Å². The summed E-state index contributed by atoms with van der Waals surface area (Å²) >= 11 is 1.32. The Kier molecular flexibility index (Phi) is 6.54. The van der Waals surface area contributed by atoms with Gasteiger partial charge in [0.15, 0.2) is 0 Å². The Morgan fingerprint density at radius 3 is 2.79 bits per heavy atom. The van der Waals surface area contributed by atoms with Gasteiger partial charge in [0, 0.05) is 24.7 Å². The largest absolute Gasteiger partial charge is 0.511 e. The van der Waals surface area contributed by atoms with Gasteiger partial charge in [0.25, 0.3) is 0 Å². The minimum absolute atomic E-state index is 0.0697. The summed E-state index contributed by atoms with van der Waals surface area (Å²) < 4.78 is 7.83. The monoisotopic (exact) mass is 539 g/mol. The van der Waals surface area contributed by atoms with Crippen molar-refractivity contribution >= 4 is 44.3 Å². The highest BCUT2D eigenvalue weighted by atomic mass is 32.1. The molecule has 5 aromatic rings. The number of thiophene rings is 1. The van der Waals surface area contributed by atoms with E-state index in [0.29, 0.717) is 44.1 Å². The van der Waals surface area contributed by atoms with Gasteiger partial charge in [0.05, 0.1) is 27.3 Å². The fourth-order valence-corrected chi connectivity index (χ4v) is 6.23. The van der Waals surface area contributed by atoms with Crippen molar-refractivity contribution in [2.24, 2.45) is 5.92 Å². The van der Waals surface area contributed by atoms with E-state index in [4.69, 9.17) is 4.74 Å².